The minimum absolute atomic E-state index is 0.127. The SMILES string of the molecule is CS(C)(Cn1c(=O)oc2cc(Cl)cnc21)P(=O)(O)O. The van der Waals surface area contributed by atoms with Crippen LogP contribution in [-0.2, 0) is 10.4 Å². The highest BCUT2D eigenvalue weighted by Gasteiger charge is 2.34. The van der Waals surface area contributed by atoms with Gasteiger partial charge in [-0.3, -0.25) is 0 Å². The van der Waals surface area contributed by atoms with Gasteiger partial charge >= 0.3 is 12.6 Å². The monoisotopic (exact) mass is 326 g/mol. The molecular weight excluding hydrogens is 315 g/mol. The van der Waals surface area contributed by atoms with Crippen molar-refractivity contribution >= 4 is 39.3 Å². The maximum Gasteiger partial charge on any atom is 0.421 e. The second-order valence-corrected chi connectivity index (χ2v) is 13.4. The van der Waals surface area contributed by atoms with Crippen LogP contribution < -0.4 is 5.76 Å². The summed E-state index contributed by atoms with van der Waals surface area (Å²) in [6.07, 6.45) is 4.25. The normalized spacial score (nSPS) is 13.9. The van der Waals surface area contributed by atoms with E-state index in [-0.39, 0.29) is 17.1 Å². The van der Waals surface area contributed by atoms with Gasteiger partial charge in [-0.25, -0.2) is 18.9 Å². The Balaban J connectivity index is 2.56. The third kappa shape index (κ3) is 2.73. The fraction of sp³-hybridized carbons (Fsp3) is 0.333. The van der Waals surface area contributed by atoms with Crippen LogP contribution in [0.2, 0.25) is 5.02 Å². The summed E-state index contributed by atoms with van der Waals surface area (Å²) in [5.74, 6) is -0.837. The first kappa shape index (κ1) is 14.6. The number of hydrogen-bond donors (Lipinski definition) is 2. The molecular formula is C9H12ClN2O5PS. The van der Waals surface area contributed by atoms with Crippen molar-refractivity contribution in [2.45, 2.75) is 5.88 Å². The summed E-state index contributed by atoms with van der Waals surface area (Å²) in [6, 6.07) is 1.43. The molecule has 0 saturated carbocycles. The molecule has 0 radical (unpaired) electrons. The maximum atomic E-state index is 11.7. The lowest BCUT2D eigenvalue weighted by Gasteiger charge is -2.31. The first-order valence-electron chi connectivity index (χ1n) is 5.03. The number of rotatable bonds is 3. The lowest BCUT2D eigenvalue weighted by atomic mass is 10.4. The Morgan fingerprint density at radius 3 is 2.74 bits per heavy atom. The Hall–Kier alpha value is -0.790. The van der Waals surface area contributed by atoms with Crippen molar-refractivity contribution in [2.75, 3.05) is 12.5 Å². The number of pyridine rings is 1. The average Bonchev–Trinajstić information content (AvgIpc) is 2.52. The zero-order chi connectivity index (χ0) is 14.4. The molecule has 0 amide bonds. The minimum atomic E-state index is -4.29. The molecule has 0 atom stereocenters. The zero-order valence-corrected chi connectivity index (χ0v) is 12.6. The highest BCUT2D eigenvalue weighted by molar-refractivity contribution is 8.75. The van der Waals surface area contributed by atoms with Crippen molar-refractivity contribution in [1.29, 1.82) is 0 Å². The van der Waals surface area contributed by atoms with Gasteiger partial charge in [-0.2, -0.15) is 0 Å². The Bertz CT molecular complexity index is 734. The van der Waals surface area contributed by atoms with Crippen molar-refractivity contribution in [3.05, 3.63) is 27.8 Å². The highest BCUT2D eigenvalue weighted by atomic mass is 35.5. The van der Waals surface area contributed by atoms with Crippen LogP contribution in [0.15, 0.2) is 21.5 Å². The Labute approximate surface area is 114 Å². The predicted octanol–water partition coefficient (Wildman–Crippen LogP) is 1.76. The van der Waals surface area contributed by atoms with Crippen LogP contribution in [-0.4, -0.2) is 31.8 Å². The number of oxazole rings is 1. The first-order chi connectivity index (χ1) is 8.62. The first-order valence-corrected chi connectivity index (χ1v) is 10.2. The molecule has 2 N–H and O–H groups in total. The molecule has 0 aliphatic carbocycles. The van der Waals surface area contributed by atoms with E-state index in [4.69, 9.17) is 16.0 Å². The van der Waals surface area contributed by atoms with Crippen molar-refractivity contribution in [1.82, 2.24) is 9.55 Å². The molecule has 7 nitrogen and oxygen atoms in total. The van der Waals surface area contributed by atoms with Gasteiger partial charge in [0.2, 0.25) is 0 Å². The third-order valence-corrected chi connectivity index (χ3v) is 9.16. The molecule has 0 aromatic carbocycles. The molecule has 106 valence electrons. The molecule has 2 heterocycles. The van der Waals surface area contributed by atoms with E-state index >= 15 is 0 Å². The molecule has 2 rings (SSSR count). The van der Waals surface area contributed by atoms with Crippen molar-refractivity contribution < 1.29 is 18.8 Å². The maximum absolute atomic E-state index is 11.7. The van der Waals surface area contributed by atoms with Gasteiger partial charge < -0.3 is 14.2 Å². The Morgan fingerprint density at radius 2 is 2.16 bits per heavy atom. The highest BCUT2D eigenvalue weighted by Crippen LogP contribution is 2.73. The van der Waals surface area contributed by atoms with Crippen molar-refractivity contribution in [3.8, 4) is 0 Å². The molecule has 10 heteroatoms. The van der Waals surface area contributed by atoms with Crippen LogP contribution in [0, 0.1) is 0 Å². The Morgan fingerprint density at radius 1 is 1.53 bits per heavy atom. The summed E-state index contributed by atoms with van der Waals surface area (Å²) in [6.45, 7) is -4.29. The van der Waals surface area contributed by atoms with E-state index in [1.165, 1.54) is 24.8 Å². The van der Waals surface area contributed by atoms with E-state index in [1.807, 2.05) is 0 Å². The molecule has 2 aromatic heterocycles. The molecule has 0 spiro atoms. The standard InChI is InChI=1S/C9H12ClN2O5PS/c1-19(2,18(14,15)16)5-12-8-7(17-9(12)13)3-6(10)4-11-8/h3-4H,5H2,1-2H3,(H2,14,15,16). The summed E-state index contributed by atoms with van der Waals surface area (Å²) < 4.78 is 17.5. The van der Waals surface area contributed by atoms with E-state index in [1.54, 1.807) is 0 Å². The zero-order valence-electron chi connectivity index (χ0n) is 10.1. The Kier molecular flexibility index (Phi) is 3.57. The van der Waals surface area contributed by atoms with Crippen molar-refractivity contribution in [2.24, 2.45) is 0 Å². The molecule has 0 unspecified atom stereocenters. The molecule has 0 saturated heterocycles. The molecule has 0 fully saturated rings. The van der Waals surface area contributed by atoms with Crippen LogP contribution >= 0.6 is 28.0 Å². The molecule has 0 aliphatic heterocycles. The number of nitrogens with zero attached hydrogens (tertiary/aromatic N) is 2. The van der Waals surface area contributed by atoms with Gasteiger partial charge in [-0.1, -0.05) is 11.6 Å². The lowest BCUT2D eigenvalue weighted by Crippen LogP contribution is -2.18. The van der Waals surface area contributed by atoms with Gasteiger partial charge in [0.25, 0.3) is 0 Å². The largest absolute Gasteiger partial charge is 0.421 e. The summed E-state index contributed by atoms with van der Waals surface area (Å²) in [5, 5.41) is 0.315. The van der Waals surface area contributed by atoms with Crippen LogP contribution in [0.5, 0.6) is 0 Å². The van der Waals surface area contributed by atoms with Gasteiger partial charge in [0, 0.05) is 12.3 Å². The number of aromatic nitrogens is 2. The van der Waals surface area contributed by atoms with Gasteiger partial charge in [0.15, 0.2) is 11.2 Å². The molecule has 0 bridgehead atoms. The van der Waals surface area contributed by atoms with E-state index in [9.17, 15) is 19.1 Å². The van der Waals surface area contributed by atoms with Gasteiger partial charge in [0.1, 0.15) is 0 Å². The molecule has 2 aromatic rings. The third-order valence-electron chi connectivity index (χ3n) is 2.56. The molecule has 19 heavy (non-hydrogen) atoms. The lowest BCUT2D eigenvalue weighted by molar-refractivity contribution is 0.395. The average molecular weight is 327 g/mol. The quantitative estimate of drug-likeness (QED) is 0.832. The van der Waals surface area contributed by atoms with Crippen LogP contribution in [0.3, 0.4) is 0 Å². The van der Waals surface area contributed by atoms with E-state index in [0.717, 1.165) is 4.57 Å². The van der Waals surface area contributed by atoms with E-state index in [2.05, 4.69) is 4.98 Å². The van der Waals surface area contributed by atoms with Crippen LogP contribution in [0.4, 0.5) is 0 Å². The minimum Gasteiger partial charge on any atom is -0.406 e. The second kappa shape index (κ2) is 4.64. The van der Waals surface area contributed by atoms with E-state index < -0.39 is 22.2 Å². The summed E-state index contributed by atoms with van der Waals surface area (Å²) in [7, 11) is -2.35. The van der Waals surface area contributed by atoms with Gasteiger partial charge in [-0.15, -0.1) is 9.65 Å². The summed E-state index contributed by atoms with van der Waals surface area (Å²) in [4.78, 5) is 34.3. The number of halogens is 1. The second-order valence-electron chi connectivity index (χ2n) is 4.37. The number of hydrogen-bond acceptors (Lipinski definition) is 4. The fourth-order valence-corrected chi connectivity index (χ4v) is 3.39. The summed E-state index contributed by atoms with van der Waals surface area (Å²) in [5.41, 5.74) is 0.418. The predicted molar refractivity (Wildman–Crippen MR) is 74.8 cm³/mol. The topological polar surface area (TPSA) is 106 Å². The number of fused-ring (bicyclic) bond motifs is 1. The van der Waals surface area contributed by atoms with Crippen LogP contribution in [0.1, 0.15) is 0 Å². The van der Waals surface area contributed by atoms with E-state index in [0.29, 0.717) is 5.02 Å². The van der Waals surface area contributed by atoms with Crippen LogP contribution in [0.25, 0.3) is 11.2 Å². The smallest absolute Gasteiger partial charge is 0.406 e. The molecule has 0 aliphatic rings. The summed E-state index contributed by atoms with van der Waals surface area (Å²) >= 11 is 5.73. The fourth-order valence-electron chi connectivity index (χ4n) is 1.43. The van der Waals surface area contributed by atoms with Crippen molar-refractivity contribution in [3.63, 3.8) is 0 Å². The van der Waals surface area contributed by atoms with Gasteiger partial charge in [0.05, 0.1) is 10.9 Å². The van der Waals surface area contributed by atoms with Gasteiger partial charge in [-0.05, 0) is 12.5 Å².